The smallest absolute Gasteiger partial charge is 0.437 e. The summed E-state index contributed by atoms with van der Waals surface area (Å²) in [5, 5.41) is 17.1. The molecule has 3 N–H and O–H groups in total. The monoisotopic (exact) mass is 664 g/mol. The average molecular weight is 665 g/mol. The van der Waals surface area contributed by atoms with Crippen LogP contribution in [0.15, 0.2) is 77.7 Å². The molecule has 2 aromatic carbocycles. The van der Waals surface area contributed by atoms with Gasteiger partial charge in [-0.3, -0.25) is 19.0 Å². The number of methoxy groups -OCH3 is 1. The quantitative estimate of drug-likeness (QED) is 0.230. The van der Waals surface area contributed by atoms with Gasteiger partial charge in [0.2, 0.25) is 5.88 Å². The van der Waals surface area contributed by atoms with Gasteiger partial charge in [0.25, 0.3) is 11.8 Å². The number of carbonyl (C=O) groups excluding carboxylic acids is 3. The number of hydrogen-bond acceptors (Lipinski definition) is 8. The van der Waals surface area contributed by atoms with Crippen LogP contribution in [-0.4, -0.2) is 56.9 Å². The minimum absolute atomic E-state index is 0.00877. The number of para-hydroxylation sites is 1. The van der Waals surface area contributed by atoms with E-state index in [-0.39, 0.29) is 58.5 Å². The molecule has 2 amide bonds. The first-order valence-corrected chi connectivity index (χ1v) is 16.7. The lowest BCUT2D eigenvalue weighted by molar-refractivity contribution is -0.143. The summed E-state index contributed by atoms with van der Waals surface area (Å²) in [5.74, 6) is 0.486. The third kappa shape index (κ3) is 6.19. The Bertz CT molecular complexity index is 1970. The van der Waals surface area contributed by atoms with Crippen LogP contribution in [0, 0.1) is 17.8 Å². The van der Waals surface area contributed by atoms with E-state index in [4.69, 9.17) is 9.47 Å². The van der Waals surface area contributed by atoms with Crippen molar-refractivity contribution < 1.29 is 29.0 Å². The Kier molecular flexibility index (Phi) is 8.26. The number of nitrogens with zero attached hydrogens (tertiary/aromatic N) is 2. The van der Waals surface area contributed by atoms with E-state index < -0.39 is 11.8 Å². The number of pyridine rings is 2. The van der Waals surface area contributed by atoms with Crippen LogP contribution in [0.3, 0.4) is 0 Å². The van der Waals surface area contributed by atoms with Crippen LogP contribution in [0.1, 0.15) is 67.4 Å². The molecule has 2 heterocycles. The maximum absolute atomic E-state index is 13.9. The van der Waals surface area contributed by atoms with Gasteiger partial charge in [0.15, 0.2) is 11.1 Å². The molecule has 0 aliphatic heterocycles. The summed E-state index contributed by atoms with van der Waals surface area (Å²) in [6.07, 6.45) is 5.23. The summed E-state index contributed by atoms with van der Waals surface area (Å²) in [7, 11) is 1.20. The highest BCUT2D eigenvalue weighted by molar-refractivity contribution is 5.94. The lowest BCUT2D eigenvalue weighted by Crippen LogP contribution is -2.68. The molecule has 8 rings (SSSR count). The number of carbonyl (C=O) groups is 3. The molecule has 0 saturated heterocycles. The van der Waals surface area contributed by atoms with Gasteiger partial charge in [-0.25, -0.2) is 9.78 Å². The number of ether oxygens (including phenoxy) is 2. The van der Waals surface area contributed by atoms with Gasteiger partial charge in [0, 0.05) is 29.8 Å². The summed E-state index contributed by atoms with van der Waals surface area (Å²) in [5.41, 5.74) is 0.370. The normalized spacial score (nSPS) is 24.0. The maximum Gasteiger partial charge on any atom is 0.514 e. The van der Waals surface area contributed by atoms with Crippen LogP contribution in [0.25, 0.3) is 16.7 Å². The van der Waals surface area contributed by atoms with Crippen molar-refractivity contribution in [2.24, 2.45) is 17.8 Å². The highest BCUT2D eigenvalue weighted by atomic mass is 16.7. The van der Waals surface area contributed by atoms with Gasteiger partial charge in [-0.15, -0.1) is 0 Å². The van der Waals surface area contributed by atoms with Crippen LogP contribution in [0.2, 0.25) is 0 Å². The molecular formula is C38H40N4O7. The lowest BCUT2D eigenvalue weighted by atomic mass is 9.51. The molecule has 4 saturated carbocycles. The molecule has 0 spiro atoms. The topological polar surface area (TPSA) is 149 Å². The predicted molar refractivity (Wildman–Crippen MR) is 182 cm³/mol. The molecule has 254 valence electrons. The maximum atomic E-state index is 13.9. The van der Waals surface area contributed by atoms with E-state index in [1.165, 1.54) is 21.0 Å². The van der Waals surface area contributed by atoms with Crippen molar-refractivity contribution in [2.75, 3.05) is 7.11 Å². The molecule has 11 nitrogen and oxygen atoms in total. The van der Waals surface area contributed by atoms with Gasteiger partial charge < -0.3 is 25.2 Å². The van der Waals surface area contributed by atoms with E-state index >= 15 is 0 Å². The zero-order valence-corrected chi connectivity index (χ0v) is 27.8. The van der Waals surface area contributed by atoms with Crippen molar-refractivity contribution in [3.8, 4) is 11.6 Å². The summed E-state index contributed by atoms with van der Waals surface area (Å²) in [4.78, 5) is 57.0. The van der Waals surface area contributed by atoms with E-state index in [1.807, 2.05) is 30.3 Å². The Morgan fingerprint density at radius 3 is 2.33 bits per heavy atom. The first-order chi connectivity index (χ1) is 23.4. The van der Waals surface area contributed by atoms with E-state index in [2.05, 4.69) is 15.6 Å². The van der Waals surface area contributed by atoms with Gasteiger partial charge in [-0.1, -0.05) is 30.3 Å². The van der Waals surface area contributed by atoms with Gasteiger partial charge in [0.05, 0.1) is 23.7 Å². The molecule has 4 aliphatic rings. The molecule has 4 bridgehead atoms. The molecule has 0 unspecified atom stereocenters. The van der Waals surface area contributed by atoms with Gasteiger partial charge in [-0.05, 0) is 106 Å². The highest BCUT2D eigenvalue weighted by Crippen LogP contribution is 2.56. The van der Waals surface area contributed by atoms with Crippen molar-refractivity contribution in [3.05, 3.63) is 99.8 Å². The van der Waals surface area contributed by atoms with E-state index in [0.29, 0.717) is 28.2 Å². The van der Waals surface area contributed by atoms with Crippen LogP contribution in [0.5, 0.6) is 5.88 Å². The fourth-order valence-electron chi connectivity index (χ4n) is 8.46. The summed E-state index contributed by atoms with van der Waals surface area (Å²) in [6, 6.07) is 19.7. The lowest BCUT2D eigenvalue weighted by Gasteiger charge is -2.60. The highest BCUT2D eigenvalue weighted by Gasteiger charge is 2.56. The van der Waals surface area contributed by atoms with Gasteiger partial charge >= 0.3 is 6.16 Å². The molecule has 5 atom stereocenters. The molecule has 49 heavy (non-hydrogen) atoms. The Morgan fingerprint density at radius 1 is 0.980 bits per heavy atom. The fraction of sp³-hybridized carbons (Fsp3) is 0.395. The number of amides is 2. The average Bonchev–Trinajstić information content (AvgIpc) is 3.08. The minimum Gasteiger partial charge on any atom is -0.437 e. The summed E-state index contributed by atoms with van der Waals surface area (Å²) >= 11 is 0. The standard InChI is InChI=1S/C38H40N4O7/c1-37(2,47)35(45)41-38-19-23-16-25(20-38)30(26(17-23)21-38)40-33(44)24-13-11-22(12-14-24)18-29-31(43)28-10-7-15-39-32(28)42(27-8-5-4-6-9-27)34(29)49-36(46)48-3/h4-15,23,25-26,30,47H,16-21H2,1-3H3,(H,40,44)(H,41,45)/t23-,25-,26+,30-,38+. The molecule has 4 aromatic rings. The Hall–Kier alpha value is -5.03. The third-order valence-corrected chi connectivity index (χ3v) is 10.4. The van der Waals surface area contributed by atoms with E-state index in [9.17, 15) is 24.3 Å². The number of benzene rings is 2. The largest absolute Gasteiger partial charge is 0.514 e. The SMILES string of the molecule is COC(=O)Oc1c(Cc2ccc(C(=O)N[C@@H]3[C@@H]4C[C@@H]5C[C@H]3C[C@](NC(=O)C(C)(C)O)(C5)C4)cc2)c(=O)c2cccnc2n1-c1ccccc1. The van der Waals surface area contributed by atoms with Crippen LogP contribution in [-0.2, 0) is 16.0 Å². The minimum atomic E-state index is -1.44. The molecular weight excluding hydrogens is 624 g/mol. The van der Waals surface area contributed by atoms with Crippen LogP contribution >= 0.6 is 0 Å². The zero-order valence-electron chi connectivity index (χ0n) is 27.8. The molecule has 11 heteroatoms. The number of nitrogens with one attached hydrogen (secondary N) is 2. The number of fused-ring (bicyclic) bond motifs is 1. The second-order valence-corrected chi connectivity index (χ2v) is 14.4. The Labute approximate surface area is 283 Å². The zero-order chi connectivity index (χ0) is 34.5. The molecule has 2 aromatic heterocycles. The van der Waals surface area contributed by atoms with Crippen molar-refractivity contribution in [3.63, 3.8) is 0 Å². The molecule has 0 radical (unpaired) electrons. The van der Waals surface area contributed by atoms with Crippen molar-refractivity contribution in [2.45, 2.75) is 69.6 Å². The Morgan fingerprint density at radius 2 is 1.67 bits per heavy atom. The van der Waals surface area contributed by atoms with Crippen LogP contribution < -0.4 is 20.8 Å². The summed E-state index contributed by atoms with van der Waals surface area (Å²) in [6.45, 7) is 3.01. The second-order valence-electron chi connectivity index (χ2n) is 14.4. The van der Waals surface area contributed by atoms with E-state index in [1.54, 1.807) is 47.2 Å². The predicted octanol–water partition coefficient (Wildman–Crippen LogP) is 4.69. The first-order valence-electron chi connectivity index (χ1n) is 16.7. The van der Waals surface area contributed by atoms with Gasteiger partial charge in [-0.2, -0.15) is 0 Å². The number of rotatable bonds is 8. The number of hydrogen-bond donors (Lipinski definition) is 3. The van der Waals surface area contributed by atoms with E-state index in [0.717, 1.165) is 37.7 Å². The Balaban J connectivity index is 1.13. The second kappa shape index (κ2) is 12.5. The first kappa shape index (κ1) is 32.5. The van der Waals surface area contributed by atoms with Crippen molar-refractivity contribution in [1.29, 1.82) is 0 Å². The summed E-state index contributed by atoms with van der Waals surface area (Å²) < 4.78 is 12.1. The van der Waals surface area contributed by atoms with Crippen LogP contribution in [0.4, 0.5) is 4.79 Å². The molecule has 4 aliphatic carbocycles. The number of aromatic nitrogens is 2. The van der Waals surface area contributed by atoms with Crippen molar-refractivity contribution in [1.82, 2.24) is 20.2 Å². The fourth-order valence-corrected chi connectivity index (χ4v) is 8.46. The van der Waals surface area contributed by atoms with Gasteiger partial charge in [0.1, 0.15) is 5.60 Å². The molecule has 4 fully saturated rings. The number of aliphatic hydroxyl groups is 1. The third-order valence-electron chi connectivity index (χ3n) is 10.4. The van der Waals surface area contributed by atoms with Crippen molar-refractivity contribution >= 4 is 29.0 Å².